The van der Waals surface area contributed by atoms with Gasteiger partial charge in [0.25, 0.3) is 5.91 Å². The van der Waals surface area contributed by atoms with Crippen molar-refractivity contribution >= 4 is 54.8 Å². The zero-order valence-electron chi connectivity index (χ0n) is 16.0. The van der Waals surface area contributed by atoms with Crippen LogP contribution in [0.4, 0.5) is 10.8 Å². The number of nitrogens with one attached hydrogen (secondary N) is 1. The third-order valence-corrected chi connectivity index (χ3v) is 8.29. The van der Waals surface area contributed by atoms with Gasteiger partial charge in [-0.1, -0.05) is 12.1 Å². The Kier molecular flexibility index (Phi) is 4.38. The standard InChI is InChI=1S/C20H18N4O4S2/c1-23-14-7-8-16(12-4-2-5-13(17(12)14)19(23)26)30(27,28)24-10-3-6-15(24)18(25)22-20-21-9-11-29-20/h2,4-5,7-9,11,15H,3,6,10H2,1H3,(H,21,22,25)/t15-/m1/s1. The summed E-state index contributed by atoms with van der Waals surface area (Å²) in [6.07, 6.45) is 2.62. The number of hydrogen-bond donors (Lipinski definition) is 1. The van der Waals surface area contributed by atoms with Crippen LogP contribution in [0.2, 0.25) is 0 Å². The summed E-state index contributed by atoms with van der Waals surface area (Å²) in [6, 6.07) is 7.49. The molecule has 0 saturated carbocycles. The van der Waals surface area contributed by atoms with Crippen LogP contribution in [-0.2, 0) is 14.8 Å². The summed E-state index contributed by atoms with van der Waals surface area (Å²) >= 11 is 1.28. The van der Waals surface area contributed by atoms with Crippen LogP contribution in [0.5, 0.6) is 0 Å². The van der Waals surface area contributed by atoms with Gasteiger partial charge in [0.05, 0.1) is 10.6 Å². The van der Waals surface area contributed by atoms with Crippen molar-refractivity contribution in [1.82, 2.24) is 9.29 Å². The van der Waals surface area contributed by atoms with Crippen LogP contribution in [0, 0.1) is 0 Å². The van der Waals surface area contributed by atoms with Gasteiger partial charge in [-0.25, -0.2) is 13.4 Å². The number of thiazole rings is 1. The smallest absolute Gasteiger partial charge is 0.258 e. The highest BCUT2D eigenvalue weighted by Gasteiger charge is 2.41. The second kappa shape index (κ2) is 6.86. The molecule has 1 N–H and O–H groups in total. The zero-order chi connectivity index (χ0) is 21.0. The van der Waals surface area contributed by atoms with Gasteiger partial charge in [-0.3, -0.25) is 9.59 Å². The van der Waals surface area contributed by atoms with Crippen molar-refractivity contribution in [3.8, 4) is 0 Å². The molecule has 1 fully saturated rings. The average molecular weight is 443 g/mol. The Morgan fingerprint density at radius 2 is 2.10 bits per heavy atom. The van der Waals surface area contributed by atoms with E-state index in [-0.39, 0.29) is 23.3 Å². The molecule has 2 aromatic carbocycles. The summed E-state index contributed by atoms with van der Waals surface area (Å²) in [5, 5.41) is 6.01. The zero-order valence-corrected chi connectivity index (χ0v) is 17.7. The Bertz CT molecular complexity index is 1290. The van der Waals surface area contributed by atoms with Crippen LogP contribution in [0.1, 0.15) is 23.2 Å². The third kappa shape index (κ3) is 2.75. The van der Waals surface area contributed by atoms with E-state index in [9.17, 15) is 18.0 Å². The Hall–Kier alpha value is -2.82. The van der Waals surface area contributed by atoms with E-state index < -0.39 is 16.1 Å². The number of carbonyl (C=O) groups excluding carboxylic acids is 2. The van der Waals surface area contributed by atoms with Crippen molar-refractivity contribution in [2.24, 2.45) is 0 Å². The number of nitrogens with zero attached hydrogens (tertiary/aromatic N) is 3. The Labute approximate surface area is 177 Å². The summed E-state index contributed by atoms with van der Waals surface area (Å²) < 4.78 is 28.5. The first kappa shape index (κ1) is 19.2. The number of aromatic nitrogens is 1. The SMILES string of the molecule is CN1C(=O)c2cccc3c(S(=O)(=O)N4CCC[C@@H]4C(=O)Nc4nccs4)ccc1c23. The van der Waals surface area contributed by atoms with Crippen molar-refractivity contribution in [2.45, 2.75) is 23.8 Å². The monoisotopic (exact) mass is 442 g/mol. The molecule has 2 amide bonds. The molecular formula is C20H18N4O4S2. The van der Waals surface area contributed by atoms with Crippen molar-refractivity contribution < 1.29 is 18.0 Å². The van der Waals surface area contributed by atoms with Gasteiger partial charge in [-0.2, -0.15) is 4.31 Å². The molecule has 30 heavy (non-hydrogen) atoms. The summed E-state index contributed by atoms with van der Waals surface area (Å²) in [6.45, 7) is 0.264. The second-order valence-electron chi connectivity index (χ2n) is 7.28. The maximum absolute atomic E-state index is 13.6. The van der Waals surface area contributed by atoms with Gasteiger partial charge in [0, 0.05) is 41.5 Å². The molecule has 1 atom stereocenters. The third-order valence-electron chi connectivity index (χ3n) is 5.63. The number of hydrogen-bond acceptors (Lipinski definition) is 6. The lowest BCUT2D eigenvalue weighted by molar-refractivity contribution is -0.119. The molecule has 0 bridgehead atoms. The first-order valence-corrected chi connectivity index (χ1v) is 11.8. The topological polar surface area (TPSA) is 99.7 Å². The van der Waals surface area contributed by atoms with Crippen LogP contribution in [0.3, 0.4) is 0 Å². The summed E-state index contributed by atoms with van der Waals surface area (Å²) in [4.78, 5) is 30.9. The molecule has 2 aliphatic heterocycles. The highest BCUT2D eigenvalue weighted by molar-refractivity contribution is 7.89. The number of benzene rings is 2. The molecule has 0 aliphatic carbocycles. The van der Waals surface area contributed by atoms with Crippen molar-refractivity contribution in [3.63, 3.8) is 0 Å². The van der Waals surface area contributed by atoms with Gasteiger partial charge in [0.1, 0.15) is 6.04 Å². The van der Waals surface area contributed by atoms with Crippen molar-refractivity contribution in [1.29, 1.82) is 0 Å². The second-order valence-corrected chi connectivity index (χ2v) is 10.0. The Morgan fingerprint density at radius 3 is 2.87 bits per heavy atom. The van der Waals surface area contributed by atoms with E-state index in [1.54, 1.807) is 42.9 Å². The highest BCUT2D eigenvalue weighted by Crippen LogP contribution is 2.40. The van der Waals surface area contributed by atoms with E-state index >= 15 is 0 Å². The van der Waals surface area contributed by atoms with E-state index in [0.717, 1.165) is 0 Å². The number of amides is 2. The minimum atomic E-state index is -3.95. The fourth-order valence-corrected chi connectivity index (χ4v) is 6.60. The van der Waals surface area contributed by atoms with Crippen molar-refractivity contribution in [2.75, 3.05) is 23.8 Å². The minimum absolute atomic E-state index is 0.111. The predicted octanol–water partition coefficient (Wildman–Crippen LogP) is 2.68. The molecule has 0 unspecified atom stereocenters. The van der Waals surface area contributed by atoms with E-state index in [1.165, 1.54) is 26.6 Å². The minimum Gasteiger partial charge on any atom is -0.311 e. The molecule has 3 aromatic rings. The summed E-state index contributed by atoms with van der Waals surface area (Å²) in [5.41, 5.74) is 1.17. The number of rotatable bonds is 4. The molecule has 1 aromatic heterocycles. The fraction of sp³-hybridized carbons (Fsp3) is 0.250. The normalized spacial score (nSPS) is 19.0. The van der Waals surface area contributed by atoms with E-state index in [1.807, 2.05) is 0 Å². The molecule has 8 nitrogen and oxygen atoms in total. The van der Waals surface area contributed by atoms with E-state index in [4.69, 9.17) is 0 Å². The molecule has 2 aliphatic rings. The molecule has 1 saturated heterocycles. The van der Waals surface area contributed by atoms with Crippen LogP contribution in [-0.4, -0.2) is 49.2 Å². The molecule has 10 heteroatoms. The van der Waals surface area contributed by atoms with Gasteiger partial charge in [-0.05, 0) is 31.0 Å². The van der Waals surface area contributed by atoms with Gasteiger partial charge in [-0.15, -0.1) is 11.3 Å². The summed E-state index contributed by atoms with van der Waals surface area (Å²) in [5.74, 6) is -0.543. The van der Waals surface area contributed by atoms with Gasteiger partial charge in [0.15, 0.2) is 5.13 Å². The predicted molar refractivity (Wildman–Crippen MR) is 114 cm³/mol. The number of anilines is 2. The van der Waals surface area contributed by atoms with E-state index in [2.05, 4.69) is 10.3 Å². The Balaban J connectivity index is 1.56. The fourth-order valence-electron chi connectivity index (χ4n) is 4.22. The molecule has 3 heterocycles. The van der Waals surface area contributed by atoms with Crippen LogP contribution < -0.4 is 10.2 Å². The maximum atomic E-state index is 13.6. The molecular weight excluding hydrogens is 424 g/mol. The number of sulfonamides is 1. The average Bonchev–Trinajstić information content (AvgIpc) is 3.47. The van der Waals surface area contributed by atoms with E-state index in [0.29, 0.717) is 40.0 Å². The van der Waals surface area contributed by atoms with Crippen molar-refractivity contribution in [3.05, 3.63) is 47.5 Å². The Morgan fingerprint density at radius 1 is 1.27 bits per heavy atom. The first-order valence-electron chi connectivity index (χ1n) is 9.45. The first-order chi connectivity index (χ1) is 14.4. The molecule has 0 radical (unpaired) electrons. The van der Waals surface area contributed by atoms with Gasteiger partial charge in [0.2, 0.25) is 15.9 Å². The largest absolute Gasteiger partial charge is 0.311 e. The molecule has 5 rings (SSSR count). The highest BCUT2D eigenvalue weighted by atomic mass is 32.2. The summed E-state index contributed by atoms with van der Waals surface area (Å²) in [7, 11) is -2.28. The molecule has 0 spiro atoms. The van der Waals surface area contributed by atoms with Crippen LogP contribution in [0.15, 0.2) is 46.8 Å². The quantitative estimate of drug-likeness (QED) is 0.670. The van der Waals surface area contributed by atoms with Gasteiger partial charge >= 0.3 is 0 Å². The lowest BCUT2D eigenvalue weighted by atomic mass is 10.1. The van der Waals surface area contributed by atoms with Gasteiger partial charge < -0.3 is 10.2 Å². The maximum Gasteiger partial charge on any atom is 0.258 e. The number of carbonyl (C=O) groups is 2. The lowest BCUT2D eigenvalue weighted by Gasteiger charge is -2.24. The lowest BCUT2D eigenvalue weighted by Crippen LogP contribution is -2.43. The van der Waals surface area contributed by atoms with Crippen LogP contribution in [0.25, 0.3) is 10.8 Å². The van der Waals surface area contributed by atoms with Crippen LogP contribution >= 0.6 is 11.3 Å². The molecule has 154 valence electrons.